The van der Waals surface area contributed by atoms with Gasteiger partial charge in [0.1, 0.15) is 36.0 Å². The average Bonchev–Trinajstić information content (AvgIpc) is 2.74. The standard InChI is InChI=1S/C12H11F2N3O/c1-12(5-17-7-15-6-16-17)11(18-12)10-8(13)3-2-4-9(10)14/h2-4,6-7,11H,5H2,1H3. The zero-order chi connectivity index (χ0) is 12.8. The number of ether oxygens (including phenoxy) is 1. The number of hydrogen-bond acceptors (Lipinski definition) is 3. The summed E-state index contributed by atoms with van der Waals surface area (Å²) in [5.74, 6) is -1.16. The summed E-state index contributed by atoms with van der Waals surface area (Å²) in [6, 6.07) is 3.80. The van der Waals surface area contributed by atoms with E-state index >= 15 is 0 Å². The van der Waals surface area contributed by atoms with E-state index in [4.69, 9.17) is 4.74 Å². The van der Waals surface area contributed by atoms with Crippen molar-refractivity contribution < 1.29 is 13.5 Å². The summed E-state index contributed by atoms with van der Waals surface area (Å²) in [4.78, 5) is 3.82. The van der Waals surface area contributed by atoms with Gasteiger partial charge in [-0.2, -0.15) is 5.10 Å². The van der Waals surface area contributed by atoms with Crippen LogP contribution in [0.15, 0.2) is 30.9 Å². The Morgan fingerprint density at radius 2 is 2.11 bits per heavy atom. The van der Waals surface area contributed by atoms with Crippen molar-refractivity contribution in [1.82, 2.24) is 14.8 Å². The molecule has 2 heterocycles. The summed E-state index contributed by atoms with van der Waals surface area (Å²) in [5.41, 5.74) is -0.656. The molecule has 94 valence electrons. The van der Waals surface area contributed by atoms with Crippen LogP contribution in [0, 0.1) is 11.6 Å². The highest BCUT2D eigenvalue weighted by Gasteiger charge is 2.55. The largest absolute Gasteiger partial charge is 0.359 e. The van der Waals surface area contributed by atoms with Crippen LogP contribution in [0.2, 0.25) is 0 Å². The molecule has 0 saturated carbocycles. The van der Waals surface area contributed by atoms with Crippen molar-refractivity contribution in [3.8, 4) is 0 Å². The van der Waals surface area contributed by atoms with E-state index in [-0.39, 0.29) is 5.56 Å². The average molecular weight is 251 g/mol. The Morgan fingerprint density at radius 3 is 2.72 bits per heavy atom. The molecule has 6 heteroatoms. The summed E-state index contributed by atoms with van der Waals surface area (Å²) >= 11 is 0. The Hall–Kier alpha value is -1.82. The van der Waals surface area contributed by atoms with Crippen molar-refractivity contribution >= 4 is 0 Å². The topological polar surface area (TPSA) is 43.2 Å². The molecule has 18 heavy (non-hydrogen) atoms. The van der Waals surface area contributed by atoms with Crippen LogP contribution < -0.4 is 0 Å². The molecule has 4 nitrogen and oxygen atoms in total. The summed E-state index contributed by atoms with van der Waals surface area (Å²) in [5, 5.41) is 3.95. The number of hydrogen-bond donors (Lipinski definition) is 0. The minimum Gasteiger partial charge on any atom is -0.359 e. The first-order chi connectivity index (χ1) is 8.60. The van der Waals surface area contributed by atoms with Gasteiger partial charge in [-0.05, 0) is 19.1 Å². The van der Waals surface area contributed by atoms with E-state index in [9.17, 15) is 8.78 Å². The summed E-state index contributed by atoms with van der Waals surface area (Å²) in [6.07, 6.45) is 2.37. The number of rotatable bonds is 3. The molecule has 0 spiro atoms. The molecule has 0 bridgehead atoms. The van der Waals surface area contributed by atoms with Crippen LogP contribution >= 0.6 is 0 Å². The van der Waals surface area contributed by atoms with Gasteiger partial charge in [-0.3, -0.25) is 0 Å². The highest BCUT2D eigenvalue weighted by atomic mass is 19.1. The summed E-state index contributed by atoms with van der Waals surface area (Å²) < 4.78 is 34.3. The normalized spacial score (nSPS) is 26.3. The van der Waals surface area contributed by atoms with Gasteiger partial charge >= 0.3 is 0 Å². The SMILES string of the molecule is CC1(Cn2cncn2)OC1c1c(F)cccc1F. The minimum absolute atomic E-state index is 0.0138. The third-order valence-electron chi connectivity index (χ3n) is 3.09. The lowest BCUT2D eigenvalue weighted by Crippen LogP contribution is -2.17. The monoisotopic (exact) mass is 251 g/mol. The fourth-order valence-corrected chi connectivity index (χ4v) is 2.12. The highest BCUT2D eigenvalue weighted by Crippen LogP contribution is 2.51. The molecule has 1 fully saturated rings. The van der Waals surface area contributed by atoms with E-state index in [2.05, 4.69) is 10.1 Å². The van der Waals surface area contributed by atoms with E-state index in [0.29, 0.717) is 6.54 Å². The van der Waals surface area contributed by atoms with Crippen molar-refractivity contribution in [1.29, 1.82) is 0 Å². The first-order valence-corrected chi connectivity index (χ1v) is 5.54. The van der Waals surface area contributed by atoms with Gasteiger partial charge in [-0.15, -0.1) is 0 Å². The van der Waals surface area contributed by atoms with Gasteiger partial charge in [0.15, 0.2) is 0 Å². The molecule has 1 aliphatic rings. The van der Waals surface area contributed by atoms with E-state index in [1.807, 2.05) is 0 Å². The van der Waals surface area contributed by atoms with Gasteiger partial charge in [-0.25, -0.2) is 18.4 Å². The van der Waals surface area contributed by atoms with Crippen molar-refractivity contribution in [2.45, 2.75) is 25.2 Å². The minimum atomic E-state index is -0.642. The molecule has 0 radical (unpaired) electrons. The van der Waals surface area contributed by atoms with Crippen molar-refractivity contribution in [3.05, 3.63) is 48.1 Å². The zero-order valence-electron chi connectivity index (χ0n) is 9.68. The second-order valence-corrected chi connectivity index (χ2v) is 4.54. The number of aromatic nitrogens is 3. The van der Waals surface area contributed by atoms with E-state index in [1.165, 1.54) is 24.5 Å². The lowest BCUT2D eigenvalue weighted by molar-refractivity contribution is 0.276. The Balaban J connectivity index is 1.84. The lowest BCUT2D eigenvalue weighted by Gasteiger charge is -2.07. The summed E-state index contributed by atoms with van der Waals surface area (Å²) in [7, 11) is 0. The molecular weight excluding hydrogens is 240 g/mol. The maximum absolute atomic E-state index is 13.6. The first kappa shape index (κ1) is 11.3. The van der Waals surface area contributed by atoms with E-state index in [0.717, 1.165) is 0 Å². The van der Waals surface area contributed by atoms with E-state index < -0.39 is 23.3 Å². The second-order valence-electron chi connectivity index (χ2n) is 4.54. The van der Waals surface area contributed by atoms with Crippen LogP contribution in [0.5, 0.6) is 0 Å². The van der Waals surface area contributed by atoms with Gasteiger partial charge in [0.2, 0.25) is 0 Å². The molecular formula is C12H11F2N3O. The zero-order valence-corrected chi connectivity index (χ0v) is 9.68. The van der Waals surface area contributed by atoms with Gasteiger partial charge < -0.3 is 4.74 Å². The Labute approximate surface area is 102 Å². The van der Waals surface area contributed by atoms with Gasteiger partial charge in [-0.1, -0.05) is 6.07 Å². The van der Waals surface area contributed by atoms with Crippen molar-refractivity contribution in [2.24, 2.45) is 0 Å². The molecule has 0 aliphatic carbocycles. The predicted octanol–water partition coefficient (Wildman–Crippen LogP) is 2.09. The van der Waals surface area contributed by atoms with Crippen LogP contribution in [-0.2, 0) is 11.3 Å². The Kier molecular flexibility index (Phi) is 2.41. The fourth-order valence-electron chi connectivity index (χ4n) is 2.12. The second kappa shape index (κ2) is 3.84. The number of benzene rings is 1. The number of nitrogens with zero attached hydrogens (tertiary/aromatic N) is 3. The molecule has 1 aliphatic heterocycles. The quantitative estimate of drug-likeness (QED) is 0.784. The molecule has 2 unspecified atom stereocenters. The van der Waals surface area contributed by atoms with Crippen LogP contribution in [-0.4, -0.2) is 20.4 Å². The number of halogens is 2. The van der Waals surface area contributed by atoms with Gasteiger partial charge in [0, 0.05) is 0 Å². The van der Waals surface area contributed by atoms with Gasteiger partial charge in [0.25, 0.3) is 0 Å². The van der Waals surface area contributed by atoms with Gasteiger partial charge in [0.05, 0.1) is 12.1 Å². The molecule has 3 rings (SSSR count). The first-order valence-electron chi connectivity index (χ1n) is 5.54. The third-order valence-corrected chi connectivity index (χ3v) is 3.09. The molecule has 1 aromatic carbocycles. The predicted molar refractivity (Wildman–Crippen MR) is 58.6 cm³/mol. The van der Waals surface area contributed by atoms with Crippen LogP contribution in [0.4, 0.5) is 8.78 Å². The maximum atomic E-state index is 13.6. The smallest absolute Gasteiger partial charge is 0.137 e. The molecule has 1 aromatic heterocycles. The summed E-state index contributed by atoms with van der Waals surface area (Å²) in [6.45, 7) is 2.21. The van der Waals surface area contributed by atoms with Crippen LogP contribution in [0.1, 0.15) is 18.6 Å². The molecule has 2 atom stereocenters. The molecule has 1 saturated heterocycles. The molecule has 0 amide bonds. The van der Waals surface area contributed by atoms with Crippen molar-refractivity contribution in [3.63, 3.8) is 0 Å². The molecule has 2 aromatic rings. The highest BCUT2D eigenvalue weighted by molar-refractivity contribution is 5.28. The fraction of sp³-hybridized carbons (Fsp3) is 0.333. The van der Waals surface area contributed by atoms with Crippen molar-refractivity contribution in [2.75, 3.05) is 0 Å². The Bertz CT molecular complexity index is 552. The van der Waals surface area contributed by atoms with Crippen LogP contribution in [0.3, 0.4) is 0 Å². The molecule has 0 N–H and O–H groups in total. The van der Waals surface area contributed by atoms with E-state index in [1.54, 1.807) is 17.9 Å². The lowest BCUT2D eigenvalue weighted by atomic mass is 10.0. The number of epoxide rings is 1. The Morgan fingerprint density at radius 1 is 1.39 bits per heavy atom. The van der Waals surface area contributed by atoms with Crippen LogP contribution in [0.25, 0.3) is 0 Å². The maximum Gasteiger partial charge on any atom is 0.137 e. The third kappa shape index (κ3) is 1.78.